The lowest BCUT2D eigenvalue weighted by atomic mass is 9.88. The molecule has 3 fully saturated rings. The summed E-state index contributed by atoms with van der Waals surface area (Å²) in [4.78, 5) is 32.5. The third kappa shape index (κ3) is 4.42. The van der Waals surface area contributed by atoms with Crippen molar-refractivity contribution in [3.05, 3.63) is 29.6 Å². The van der Waals surface area contributed by atoms with Gasteiger partial charge in [0.15, 0.2) is 5.78 Å². The fraction of sp³-hybridized carbons (Fsp3) is 0.667. The summed E-state index contributed by atoms with van der Waals surface area (Å²) < 4.78 is 32.3. The van der Waals surface area contributed by atoms with E-state index < -0.39 is 5.92 Å². The molecule has 0 aromatic carbocycles. The molecule has 0 radical (unpaired) electrons. The van der Waals surface area contributed by atoms with E-state index >= 15 is 0 Å². The van der Waals surface area contributed by atoms with Crippen molar-refractivity contribution in [1.29, 1.82) is 0 Å². The number of urea groups is 1. The Labute approximate surface area is 169 Å². The minimum Gasteiger partial charge on any atom is -0.370 e. The number of alkyl halides is 2. The highest BCUT2D eigenvalue weighted by atomic mass is 19.3. The molecule has 2 amide bonds. The first-order valence-electron chi connectivity index (χ1n) is 10.3. The average molecular weight is 407 g/mol. The number of hydrogen-bond donors (Lipinski definition) is 0. The number of nitrogens with zero attached hydrogens (tertiary/aromatic N) is 3. The van der Waals surface area contributed by atoms with Crippen LogP contribution in [0.4, 0.5) is 13.6 Å². The van der Waals surface area contributed by atoms with Gasteiger partial charge in [-0.1, -0.05) is 0 Å². The number of piperidine rings is 2. The van der Waals surface area contributed by atoms with Crippen LogP contribution >= 0.6 is 0 Å². The number of rotatable bonds is 2. The van der Waals surface area contributed by atoms with E-state index in [0.717, 1.165) is 31.9 Å². The molecule has 0 N–H and O–H groups in total. The highest BCUT2D eigenvalue weighted by Crippen LogP contribution is 2.32. The van der Waals surface area contributed by atoms with E-state index in [1.54, 1.807) is 6.07 Å². The van der Waals surface area contributed by atoms with Crippen molar-refractivity contribution in [2.45, 2.75) is 50.6 Å². The van der Waals surface area contributed by atoms with E-state index in [-0.39, 0.29) is 41.9 Å². The molecule has 3 aliphatic heterocycles. The number of hydrogen-bond acceptors (Lipinski definition) is 4. The Balaban J connectivity index is 1.31. The Morgan fingerprint density at radius 3 is 2.55 bits per heavy atom. The third-order valence-electron chi connectivity index (χ3n) is 6.36. The van der Waals surface area contributed by atoms with Crippen LogP contribution in [0.3, 0.4) is 0 Å². The molecule has 1 aromatic rings. The summed E-state index contributed by atoms with van der Waals surface area (Å²) >= 11 is 0. The monoisotopic (exact) mass is 407 g/mol. The second kappa shape index (κ2) is 7.97. The topological polar surface area (TPSA) is 62.7 Å². The Morgan fingerprint density at radius 1 is 1.17 bits per heavy atom. The zero-order valence-electron chi connectivity index (χ0n) is 16.7. The SMILES string of the molecule is CC(F)(F)c1ccc(C2CCN(C(=O)N3CC[C@@H]4OCC(=O)C[C@@H]4C3)CC2)nc1. The van der Waals surface area contributed by atoms with Crippen LogP contribution in [0.5, 0.6) is 0 Å². The number of aromatic nitrogens is 1. The summed E-state index contributed by atoms with van der Waals surface area (Å²) in [5, 5.41) is 0. The van der Waals surface area contributed by atoms with E-state index in [1.807, 2.05) is 9.80 Å². The molecular weight excluding hydrogens is 380 g/mol. The molecule has 6 nitrogen and oxygen atoms in total. The van der Waals surface area contributed by atoms with Gasteiger partial charge in [-0.25, -0.2) is 13.6 Å². The lowest BCUT2D eigenvalue weighted by molar-refractivity contribution is -0.139. The van der Waals surface area contributed by atoms with E-state index in [2.05, 4.69) is 4.98 Å². The summed E-state index contributed by atoms with van der Waals surface area (Å²) in [6, 6.07) is 3.14. The van der Waals surface area contributed by atoms with Gasteiger partial charge in [-0.3, -0.25) is 9.78 Å². The van der Waals surface area contributed by atoms with Crippen molar-refractivity contribution in [1.82, 2.24) is 14.8 Å². The Kier molecular flexibility index (Phi) is 5.55. The number of ether oxygens (including phenoxy) is 1. The quantitative estimate of drug-likeness (QED) is 0.756. The second-order valence-electron chi connectivity index (χ2n) is 8.49. The highest BCUT2D eigenvalue weighted by Gasteiger charge is 2.38. The fourth-order valence-electron chi connectivity index (χ4n) is 4.62. The molecule has 4 rings (SSSR count). The van der Waals surface area contributed by atoms with Crippen LogP contribution in [-0.2, 0) is 15.5 Å². The second-order valence-corrected chi connectivity index (χ2v) is 8.49. The van der Waals surface area contributed by atoms with Crippen molar-refractivity contribution in [3.8, 4) is 0 Å². The number of fused-ring (bicyclic) bond motifs is 1. The minimum atomic E-state index is -2.89. The Morgan fingerprint density at radius 2 is 1.90 bits per heavy atom. The van der Waals surface area contributed by atoms with Crippen LogP contribution < -0.4 is 0 Å². The van der Waals surface area contributed by atoms with Gasteiger partial charge in [-0.05, 0) is 31.4 Å². The molecule has 158 valence electrons. The first-order valence-corrected chi connectivity index (χ1v) is 10.3. The minimum absolute atomic E-state index is 0.0221. The van der Waals surface area contributed by atoms with Crippen molar-refractivity contribution >= 4 is 11.8 Å². The van der Waals surface area contributed by atoms with Gasteiger partial charge < -0.3 is 14.5 Å². The molecule has 0 saturated carbocycles. The standard InChI is InChI=1S/C21H27F2N3O3/c1-21(22,23)16-2-3-18(24-11-16)14-4-7-25(8-5-14)20(28)26-9-6-19-15(12-26)10-17(27)13-29-19/h2-3,11,14-15,19H,4-10,12-13H2,1H3/t15-,19+/m1/s1. The number of amides is 2. The van der Waals surface area contributed by atoms with Crippen molar-refractivity contribution < 1.29 is 23.1 Å². The predicted molar refractivity (Wildman–Crippen MR) is 102 cm³/mol. The Hall–Kier alpha value is -2.09. The van der Waals surface area contributed by atoms with Crippen LogP contribution in [0.2, 0.25) is 0 Å². The molecule has 0 bridgehead atoms. The van der Waals surface area contributed by atoms with Gasteiger partial charge in [0.2, 0.25) is 0 Å². The number of carbonyl (C=O) groups excluding carboxylic acids is 2. The van der Waals surface area contributed by atoms with Crippen LogP contribution in [0.15, 0.2) is 18.3 Å². The molecule has 0 unspecified atom stereocenters. The molecular formula is C21H27F2N3O3. The van der Waals surface area contributed by atoms with Gasteiger partial charge in [0.1, 0.15) is 6.61 Å². The van der Waals surface area contributed by atoms with Gasteiger partial charge in [0.25, 0.3) is 5.92 Å². The van der Waals surface area contributed by atoms with Crippen LogP contribution in [0.25, 0.3) is 0 Å². The lowest BCUT2D eigenvalue weighted by Gasteiger charge is -2.43. The number of halogens is 2. The molecule has 2 atom stereocenters. The maximum absolute atomic E-state index is 13.4. The molecule has 0 aliphatic carbocycles. The van der Waals surface area contributed by atoms with E-state index in [4.69, 9.17) is 4.74 Å². The van der Waals surface area contributed by atoms with Gasteiger partial charge in [0.05, 0.1) is 6.10 Å². The number of Topliss-reactive ketones (excluding diaryl/α,β-unsaturated/α-hetero) is 1. The summed E-state index contributed by atoms with van der Waals surface area (Å²) in [5.74, 6) is -2.50. The normalized spacial score (nSPS) is 26.4. The highest BCUT2D eigenvalue weighted by molar-refractivity contribution is 5.81. The van der Waals surface area contributed by atoms with Crippen LogP contribution in [-0.4, -0.2) is 65.5 Å². The number of ketones is 1. The van der Waals surface area contributed by atoms with Crippen molar-refractivity contribution in [2.24, 2.45) is 5.92 Å². The largest absolute Gasteiger partial charge is 0.370 e. The summed E-state index contributed by atoms with van der Waals surface area (Å²) in [6.45, 7) is 3.54. The van der Waals surface area contributed by atoms with Crippen LogP contribution in [0.1, 0.15) is 49.8 Å². The number of likely N-dealkylation sites (tertiary alicyclic amines) is 2. The van der Waals surface area contributed by atoms with Gasteiger partial charge in [-0.2, -0.15) is 0 Å². The van der Waals surface area contributed by atoms with E-state index in [9.17, 15) is 18.4 Å². The zero-order valence-corrected chi connectivity index (χ0v) is 16.7. The molecule has 1 aromatic heterocycles. The molecule has 3 saturated heterocycles. The molecule has 0 spiro atoms. The first kappa shape index (κ1) is 20.2. The summed E-state index contributed by atoms with van der Waals surface area (Å²) in [6.07, 6.45) is 4.15. The van der Waals surface area contributed by atoms with E-state index in [0.29, 0.717) is 32.6 Å². The summed E-state index contributed by atoms with van der Waals surface area (Å²) in [7, 11) is 0. The third-order valence-corrected chi connectivity index (χ3v) is 6.36. The zero-order chi connectivity index (χ0) is 20.6. The number of pyridine rings is 1. The fourth-order valence-corrected chi connectivity index (χ4v) is 4.62. The molecule has 4 heterocycles. The van der Waals surface area contributed by atoms with E-state index in [1.165, 1.54) is 12.3 Å². The number of carbonyl (C=O) groups is 2. The molecule has 3 aliphatic rings. The average Bonchev–Trinajstić information content (AvgIpc) is 2.72. The molecule has 8 heteroatoms. The van der Waals surface area contributed by atoms with Gasteiger partial charge in [-0.15, -0.1) is 0 Å². The maximum Gasteiger partial charge on any atom is 0.320 e. The van der Waals surface area contributed by atoms with Crippen molar-refractivity contribution in [2.75, 3.05) is 32.8 Å². The predicted octanol–water partition coefficient (Wildman–Crippen LogP) is 3.17. The lowest BCUT2D eigenvalue weighted by Crippen LogP contribution is -2.54. The summed E-state index contributed by atoms with van der Waals surface area (Å²) in [5.41, 5.74) is 0.728. The van der Waals surface area contributed by atoms with Crippen LogP contribution in [0, 0.1) is 5.92 Å². The maximum atomic E-state index is 13.4. The van der Waals surface area contributed by atoms with Gasteiger partial charge >= 0.3 is 6.03 Å². The first-order chi connectivity index (χ1) is 13.8. The van der Waals surface area contributed by atoms with Crippen molar-refractivity contribution in [3.63, 3.8) is 0 Å². The molecule has 29 heavy (non-hydrogen) atoms. The smallest absolute Gasteiger partial charge is 0.320 e. The van der Waals surface area contributed by atoms with Gasteiger partial charge in [0, 0.05) is 68.8 Å². The Bertz CT molecular complexity index is 757.